The van der Waals surface area contributed by atoms with Gasteiger partial charge in [0.25, 0.3) is 0 Å². The number of ether oxygens (including phenoxy) is 1. The third-order valence-corrected chi connectivity index (χ3v) is 4.85. The number of carboxylic acid groups (broad SMARTS) is 1. The Hall–Kier alpha value is -3.60. The molecule has 0 spiro atoms. The zero-order valence-corrected chi connectivity index (χ0v) is 17.7. The smallest absolute Gasteiger partial charge is 0.303 e. The highest BCUT2D eigenvalue weighted by Crippen LogP contribution is 2.33. The molecule has 31 heavy (non-hydrogen) atoms. The van der Waals surface area contributed by atoms with Gasteiger partial charge >= 0.3 is 5.97 Å². The highest BCUT2D eigenvalue weighted by Gasteiger charge is 2.15. The van der Waals surface area contributed by atoms with Gasteiger partial charge in [0.05, 0.1) is 0 Å². The minimum Gasteiger partial charge on any atom is -0.489 e. The summed E-state index contributed by atoms with van der Waals surface area (Å²) in [7, 11) is 0. The number of rotatable bonds is 7. The average Bonchev–Trinajstić information content (AvgIpc) is 3.16. The minimum atomic E-state index is -0.854. The van der Waals surface area contributed by atoms with Gasteiger partial charge in [0.15, 0.2) is 0 Å². The second kappa shape index (κ2) is 10.4. The summed E-state index contributed by atoms with van der Waals surface area (Å²) in [5.41, 5.74) is 4.46. The largest absolute Gasteiger partial charge is 0.489 e. The summed E-state index contributed by atoms with van der Waals surface area (Å²) in [5.74, 6) is -0.446. The number of nitrogens with one attached hydrogen (secondary N) is 1. The van der Waals surface area contributed by atoms with Crippen molar-refractivity contribution in [2.75, 3.05) is 0 Å². The number of aryl methyl sites for hydroxylation is 1. The molecule has 5 heteroatoms. The fraction of sp³-hybridized carbons (Fsp3) is 0.192. The molecule has 4 nitrogen and oxygen atoms in total. The fourth-order valence-corrected chi connectivity index (χ4v) is 3.42. The summed E-state index contributed by atoms with van der Waals surface area (Å²) in [6.07, 6.45) is 0.402. The summed E-state index contributed by atoms with van der Waals surface area (Å²) < 4.78 is 19.2. The number of aromatic nitrogens is 1. The molecule has 0 unspecified atom stereocenters. The van der Waals surface area contributed by atoms with Crippen molar-refractivity contribution in [1.29, 1.82) is 0 Å². The van der Waals surface area contributed by atoms with E-state index in [1.54, 1.807) is 12.1 Å². The predicted octanol–water partition coefficient (Wildman–Crippen LogP) is 6.60. The number of hydrogen-bond acceptors (Lipinski definition) is 2. The van der Waals surface area contributed by atoms with Crippen molar-refractivity contribution in [3.63, 3.8) is 0 Å². The van der Waals surface area contributed by atoms with Crippen molar-refractivity contribution < 1.29 is 19.0 Å². The van der Waals surface area contributed by atoms with Crippen molar-refractivity contribution in [3.8, 4) is 17.0 Å². The lowest BCUT2D eigenvalue weighted by atomic mass is 10.0. The van der Waals surface area contributed by atoms with Gasteiger partial charge in [-0.25, -0.2) is 4.39 Å². The van der Waals surface area contributed by atoms with Gasteiger partial charge in [-0.05, 0) is 59.5 Å². The second-order valence-electron chi connectivity index (χ2n) is 6.86. The van der Waals surface area contributed by atoms with Gasteiger partial charge in [0.1, 0.15) is 18.2 Å². The first kappa shape index (κ1) is 22.1. The normalized spacial score (nSPS) is 10.4. The van der Waals surface area contributed by atoms with Gasteiger partial charge < -0.3 is 14.8 Å². The lowest BCUT2D eigenvalue weighted by Gasteiger charge is -2.06. The summed E-state index contributed by atoms with van der Waals surface area (Å²) in [6, 6.07) is 21.8. The van der Waals surface area contributed by atoms with Crippen LogP contribution in [0.2, 0.25) is 0 Å². The molecule has 0 saturated carbocycles. The molecule has 3 aromatic carbocycles. The van der Waals surface area contributed by atoms with E-state index in [2.05, 4.69) is 4.98 Å². The van der Waals surface area contributed by atoms with E-state index in [4.69, 9.17) is 9.84 Å². The van der Waals surface area contributed by atoms with E-state index in [0.717, 1.165) is 39.0 Å². The van der Waals surface area contributed by atoms with Crippen molar-refractivity contribution in [1.82, 2.24) is 4.98 Å². The quantitative estimate of drug-likeness (QED) is 0.355. The van der Waals surface area contributed by atoms with E-state index >= 15 is 0 Å². The van der Waals surface area contributed by atoms with Crippen LogP contribution in [0.25, 0.3) is 22.2 Å². The first-order chi connectivity index (χ1) is 15.1. The van der Waals surface area contributed by atoms with E-state index in [-0.39, 0.29) is 12.2 Å². The molecular weight excluding hydrogens is 393 g/mol. The number of aliphatic carboxylic acids is 1. The maximum atomic E-state index is 13.3. The number of hydrogen-bond donors (Lipinski definition) is 2. The molecule has 0 aliphatic heterocycles. The van der Waals surface area contributed by atoms with E-state index < -0.39 is 5.97 Å². The zero-order valence-electron chi connectivity index (χ0n) is 17.7. The molecule has 0 amide bonds. The molecule has 1 aromatic heterocycles. The van der Waals surface area contributed by atoms with Crippen LogP contribution >= 0.6 is 0 Å². The number of fused-ring (bicyclic) bond motifs is 1. The van der Waals surface area contributed by atoms with Crippen molar-refractivity contribution in [2.24, 2.45) is 0 Å². The van der Waals surface area contributed by atoms with Crippen LogP contribution < -0.4 is 4.74 Å². The number of carboxylic acids is 1. The third kappa shape index (κ3) is 5.51. The van der Waals surface area contributed by atoms with Gasteiger partial charge in [-0.15, -0.1) is 0 Å². The molecule has 4 aromatic rings. The van der Waals surface area contributed by atoms with Gasteiger partial charge in [-0.2, -0.15) is 0 Å². The highest BCUT2D eigenvalue weighted by molar-refractivity contribution is 5.92. The molecule has 0 atom stereocenters. The highest BCUT2D eigenvalue weighted by atomic mass is 19.1. The molecule has 0 aliphatic rings. The van der Waals surface area contributed by atoms with Crippen molar-refractivity contribution in [2.45, 2.75) is 33.3 Å². The first-order valence-electron chi connectivity index (χ1n) is 10.4. The number of aromatic amines is 1. The first-order valence-corrected chi connectivity index (χ1v) is 10.4. The zero-order chi connectivity index (χ0) is 22.2. The minimum absolute atomic E-state index is 0.0212. The summed E-state index contributed by atoms with van der Waals surface area (Å²) in [6.45, 7) is 4.46. The number of halogens is 1. The number of benzene rings is 3. The molecule has 0 saturated heterocycles. The Morgan fingerprint density at radius 2 is 1.71 bits per heavy atom. The van der Waals surface area contributed by atoms with Crippen LogP contribution in [-0.2, 0) is 17.8 Å². The molecule has 1 heterocycles. The molecule has 0 fully saturated rings. The van der Waals surface area contributed by atoms with Crippen LogP contribution in [0.4, 0.5) is 4.39 Å². The summed E-state index contributed by atoms with van der Waals surface area (Å²) in [5, 5.41) is 10.1. The van der Waals surface area contributed by atoms with Crippen LogP contribution in [0, 0.1) is 5.82 Å². The lowest BCUT2D eigenvalue weighted by molar-refractivity contribution is -0.136. The maximum Gasteiger partial charge on any atom is 0.303 e. The van der Waals surface area contributed by atoms with E-state index in [1.165, 1.54) is 12.1 Å². The van der Waals surface area contributed by atoms with Crippen LogP contribution in [0.1, 0.15) is 31.4 Å². The van der Waals surface area contributed by atoms with Crippen molar-refractivity contribution in [3.05, 3.63) is 89.7 Å². The molecular formula is C26H26FNO3. The Kier molecular flexibility index (Phi) is 7.44. The Balaban J connectivity index is 0.00000132. The van der Waals surface area contributed by atoms with E-state index in [9.17, 15) is 9.18 Å². The van der Waals surface area contributed by atoms with Crippen LogP contribution in [0.5, 0.6) is 5.75 Å². The SMILES string of the molecule is CC.O=C(O)CCc1c(-c2ccc(F)cc2)[nH]c2cc(OCc3ccccc3)ccc12. The molecule has 2 N–H and O–H groups in total. The fourth-order valence-electron chi connectivity index (χ4n) is 3.42. The third-order valence-electron chi connectivity index (χ3n) is 4.85. The van der Waals surface area contributed by atoms with E-state index in [1.807, 2.05) is 62.4 Å². The van der Waals surface area contributed by atoms with Gasteiger partial charge in [-0.1, -0.05) is 44.2 Å². The molecule has 4 rings (SSSR count). The number of carbonyl (C=O) groups is 1. The number of H-pyrrole nitrogens is 1. The predicted molar refractivity (Wildman–Crippen MR) is 122 cm³/mol. The van der Waals surface area contributed by atoms with Crippen LogP contribution in [0.3, 0.4) is 0 Å². The molecule has 0 aliphatic carbocycles. The van der Waals surface area contributed by atoms with E-state index in [0.29, 0.717) is 13.0 Å². The monoisotopic (exact) mass is 419 g/mol. The molecule has 0 radical (unpaired) electrons. The average molecular weight is 419 g/mol. The summed E-state index contributed by atoms with van der Waals surface area (Å²) in [4.78, 5) is 14.5. The Morgan fingerprint density at radius 3 is 2.39 bits per heavy atom. The second-order valence-corrected chi connectivity index (χ2v) is 6.86. The molecule has 0 bridgehead atoms. The maximum absolute atomic E-state index is 13.3. The molecule has 160 valence electrons. The van der Waals surface area contributed by atoms with Gasteiger partial charge in [0, 0.05) is 29.1 Å². The Bertz CT molecular complexity index is 1130. The topological polar surface area (TPSA) is 62.3 Å². The standard InChI is InChI=1S/C24H20FNO3.C2H6/c25-18-8-6-17(7-9-18)24-21(12-13-23(27)28)20-11-10-19(14-22(20)26-24)29-15-16-4-2-1-3-5-16;1-2/h1-11,14,26H,12-13,15H2,(H,27,28);1-2H3. The van der Waals surface area contributed by atoms with Gasteiger partial charge in [-0.3, -0.25) is 4.79 Å². The lowest BCUT2D eigenvalue weighted by Crippen LogP contribution is -1.98. The van der Waals surface area contributed by atoms with Crippen LogP contribution in [-0.4, -0.2) is 16.1 Å². The van der Waals surface area contributed by atoms with Crippen LogP contribution in [0.15, 0.2) is 72.8 Å². The Labute approximate surface area is 181 Å². The Morgan fingerprint density at radius 1 is 1.00 bits per heavy atom. The van der Waals surface area contributed by atoms with Crippen molar-refractivity contribution >= 4 is 16.9 Å². The van der Waals surface area contributed by atoms with Gasteiger partial charge in [0.2, 0.25) is 0 Å². The summed E-state index contributed by atoms with van der Waals surface area (Å²) >= 11 is 0.